The summed E-state index contributed by atoms with van der Waals surface area (Å²) in [5.74, 6) is 0. The molecule has 0 aliphatic carbocycles. The first kappa shape index (κ1) is 35.2. The van der Waals surface area contributed by atoms with E-state index in [1.165, 1.54) is 0 Å². The van der Waals surface area contributed by atoms with Gasteiger partial charge in [0.2, 0.25) is 0 Å². The zero-order valence-corrected chi connectivity index (χ0v) is 31.6. The Bertz CT molecular complexity index is 3390. The number of nitriles is 3. The molecule has 0 radical (unpaired) electrons. The highest BCUT2D eigenvalue weighted by molar-refractivity contribution is 6.13. The van der Waals surface area contributed by atoms with Gasteiger partial charge in [-0.25, -0.2) is 9.69 Å². The van der Waals surface area contributed by atoms with Gasteiger partial charge in [-0.1, -0.05) is 60.7 Å². The van der Waals surface area contributed by atoms with Crippen molar-refractivity contribution in [2.24, 2.45) is 0 Å². The van der Waals surface area contributed by atoms with Gasteiger partial charge >= 0.3 is 0 Å². The van der Waals surface area contributed by atoms with Crippen LogP contribution in [0.25, 0.3) is 98.1 Å². The summed E-state index contributed by atoms with van der Waals surface area (Å²) in [6.45, 7) is 15.3. The highest BCUT2D eigenvalue weighted by atomic mass is 15.0. The fourth-order valence-corrected chi connectivity index (χ4v) is 8.42. The summed E-state index contributed by atoms with van der Waals surface area (Å²) >= 11 is 0. The Kier molecular flexibility index (Phi) is 8.23. The third kappa shape index (κ3) is 5.61. The summed E-state index contributed by atoms with van der Waals surface area (Å²) in [5, 5.41) is 33.3. The van der Waals surface area contributed by atoms with Crippen molar-refractivity contribution in [3.63, 3.8) is 0 Å². The average molecular weight is 763 g/mol. The number of hydrogen-bond donors (Lipinski definition) is 0. The van der Waals surface area contributed by atoms with Crippen LogP contribution in [0.2, 0.25) is 0 Å². The Hall–Kier alpha value is -9.26. The number of aromatic nitrogens is 3. The molecule has 0 atom stereocenters. The summed E-state index contributed by atoms with van der Waals surface area (Å²) in [4.78, 5) is 12.2. The second kappa shape index (κ2) is 14.0. The van der Waals surface area contributed by atoms with E-state index in [9.17, 15) is 15.8 Å². The maximum atomic E-state index is 9.78. The molecule has 0 aliphatic heterocycles. The SMILES string of the molecule is [C-]#[N+]c1cc(C#N)cc(-c2ccc3c(c2)c2ccccc2n3-c2cncc(-n3c4ccccc4c4cc(-c5cc(C#N)cc([N+]#[C-])c5)ccc43)c2-c2ccc(C#N)cc2)c1. The lowest BCUT2D eigenvalue weighted by atomic mass is 10.00. The van der Waals surface area contributed by atoms with Crippen LogP contribution in [0, 0.1) is 47.1 Å². The van der Waals surface area contributed by atoms with Gasteiger partial charge in [-0.3, -0.25) is 4.98 Å². The third-order valence-electron chi connectivity index (χ3n) is 11.1. The highest BCUT2D eigenvalue weighted by Gasteiger charge is 2.23. The lowest BCUT2D eigenvalue weighted by Gasteiger charge is -2.19. The zero-order valence-electron chi connectivity index (χ0n) is 31.6. The topological polar surface area (TPSA) is 103 Å². The van der Waals surface area contributed by atoms with Crippen molar-refractivity contribution >= 4 is 55.0 Å². The van der Waals surface area contributed by atoms with E-state index in [1.807, 2.05) is 97.3 Å². The molecule has 0 aliphatic rings. The molecule has 10 aromatic rings. The van der Waals surface area contributed by atoms with Crippen LogP contribution < -0.4 is 0 Å². The Labute approximate surface area is 344 Å². The van der Waals surface area contributed by atoms with Crippen molar-refractivity contribution < 1.29 is 0 Å². The van der Waals surface area contributed by atoms with Gasteiger partial charge in [0.15, 0.2) is 11.4 Å². The maximum absolute atomic E-state index is 9.78. The summed E-state index contributed by atoms with van der Waals surface area (Å²) in [6, 6.07) is 53.7. The van der Waals surface area contributed by atoms with E-state index in [2.05, 4.69) is 85.6 Å². The molecule has 0 unspecified atom stereocenters. The molecule has 3 heterocycles. The van der Waals surface area contributed by atoms with Crippen molar-refractivity contribution in [1.82, 2.24) is 14.1 Å². The van der Waals surface area contributed by atoms with E-state index in [-0.39, 0.29) is 0 Å². The molecule has 7 aromatic carbocycles. The Morgan fingerprint density at radius 1 is 0.417 bits per heavy atom. The molecular formula is C52H26N8. The minimum atomic E-state index is 0.408. The standard InChI is InChI=1S/C52H26N8/c1-56-40-21-33(28-54)19-38(23-40)36-15-17-48-44(25-36)42-7-3-5-9-46(42)59(48)50-30-58-31-51(52(50)35-13-11-32(27-53)12-14-35)60-47-10-6-4-8-43(47)45-26-37(16-18-49(45)60)39-20-34(29-55)22-41(24-39)57-2/h3-26,30-31H. The van der Waals surface area contributed by atoms with Gasteiger partial charge in [0.1, 0.15) is 0 Å². The fourth-order valence-electron chi connectivity index (χ4n) is 8.42. The average Bonchev–Trinajstić information content (AvgIpc) is 3.83. The molecule has 0 N–H and O–H groups in total. The minimum Gasteiger partial charge on any atom is -0.307 e. The van der Waals surface area contributed by atoms with Gasteiger partial charge < -0.3 is 9.13 Å². The Balaban J connectivity index is 1.26. The van der Waals surface area contributed by atoms with Crippen molar-refractivity contribution in [3.8, 4) is 63.0 Å². The summed E-state index contributed by atoms with van der Waals surface area (Å²) in [7, 11) is 0. The second-order valence-electron chi connectivity index (χ2n) is 14.4. The first-order valence-corrected chi connectivity index (χ1v) is 18.9. The van der Waals surface area contributed by atoms with Crippen LogP contribution in [0.3, 0.4) is 0 Å². The van der Waals surface area contributed by atoms with Crippen molar-refractivity contribution in [3.05, 3.63) is 198 Å². The molecule has 8 heteroatoms. The van der Waals surface area contributed by atoms with E-state index in [0.717, 1.165) is 88.4 Å². The molecule has 0 amide bonds. The molecule has 0 saturated heterocycles. The first-order valence-electron chi connectivity index (χ1n) is 18.9. The number of para-hydroxylation sites is 2. The van der Waals surface area contributed by atoms with Crippen LogP contribution in [0.1, 0.15) is 16.7 Å². The number of fused-ring (bicyclic) bond motifs is 6. The molecule has 274 valence electrons. The number of nitrogens with zero attached hydrogens (tertiary/aromatic N) is 8. The molecule has 0 fully saturated rings. The van der Waals surface area contributed by atoms with Crippen LogP contribution in [0.15, 0.2) is 158 Å². The molecule has 0 saturated carbocycles. The van der Waals surface area contributed by atoms with Gasteiger partial charge in [0.25, 0.3) is 0 Å². The number of benzene rings is 7. The first-order chi connectivity index (χ1) is 29.5. The van der Waals surface area contributed by atoms with Crippen LogP contribution in [0.4, 0.5) is 11.4 Å². The predicted molar refractivity (Wildman–Crippen MR) is 236 cm³/mol. The normalized spacial score (nSPS) is 10.9. The van der Waals surface area contributed by atoms with E-state index in [0.29, 0.717) is 28.1 Å². The van der Waals surface area contributed by atoms with Crippen LogP contribution in [-0.2, 0) is 0 Å². The molecule has 60 heavy (non-hydrogen) atoms. The fraction of sp³-hybridized carbons (Fsp3) is 0. The Morgan fingerprint density at radius 3 is 1.30 bits per heavy atom. The molecule has 3 aromatic heterocycles. The monoisotopic (exact) mass is 762 g/mol. The summed E-state index contributed by atoms with van der Waals surface area (Å²) in [5.41, 5.74) is 12.9. The van der Waals surface area contributed by atoms with E-state index in [4.69, 9.17) is 18.1 Å². The van der Waals surface area contributed by atoms with E-state index >= 15 is 0 Å². The van der Waals surface area contributed by atoms with Crippen molar-refractivity contribution in [2.75, 3.05) is 0 Å². The summed E-state index contributed by atoms with van der Waals surface area (Å²) < 4.78 is 4.47. The van der Waals surface area contributed by atoms with Crippen molar-refractivity contribution in [2.45, 2.75) is 0 Å². The number of hydrogen-bond acceptors (Lipinski definition) is 4. The van der Waals surface area contributed by atoms with Crippen LogP contribution in [0.5, 0.6) is 0 Å². The van der Waals surface area contributed by atoms with Gasteiger partial charge in [-0.2, -0.15) is 15.8 Å². The van der Waals surface area contributed by atoms with Crippen LogP contribution in [-0.4, -0.2) is 14.1 Å². The lowest BCUT2D eigenvalue weighted by molar-refractivity contribution is 1.09. The van der Waals surface area contributed by atoms with E-state index < -0.39 is 0 Å². The zero-order chi connectivity index (χ0) is 40.9. The molecule has 8 nitrogen and oxygen atoms in total. The minimum absolute atomic E-state index is 0.408. The molecule has 0 spiro atoms. The smallest absolute Gasteiger partial charge is 0.189 e. The molecule has 10 rings (SSSR count). The molecule has 0 bridgehead atoms. The van der Waals surface area contributed by atoms with Gasteiger partial charge in [-0.05, 0) is 113 Å². The highest BCUT2D eigenvalue weighted by Crippen LogP contribution is 2.43. The van der Waals surface area contributed by atoms with Crippen LogP contribution >= 0.6 is 0 Å². The largest absolute Gasteiger partial charge is 0.307 e. The third-order valence-corrected chi connectivity index (χ3v) is 11.1. The quantitative estimate of drug-likeness (QED) is 0.163. The lowest BCUT2D eigenvalue weighted by Crippen LogP contribution is -2.05. The summed E-state index contributed by atoms with van der Waals surface area (Å²) in [6.07, 6.45) is 3.77. The second-order valence-corrected chi connectivity index (χ2v) is 14.4. The van der Waals surface area contributed by atoms with E-state index in [1.54, 1.807) is 12.1 Å². The van der Waals surface area contributed by atoms with Gasteiger partial charge in [0.05, 0.1) is 82.8 Å². The maximum Gasteiger partial charge on any atom is 0.189 e. The molecular weight excluding hydrogens is 737 g/mol. The predicted octanol–water partition coefficient (Wildman–Crippen LogP) is 13.0. The number of pyridine rings is 1. The van der Waals surface area contributed by atoms with Gasteiger partial charge in [0, 0.05) is 38.2 Å². The van der Waals surface area contributed by atoms with Gasteiger partial charge in [-0.15, -0.1) is 0 Å². The van der Waals surface area contributed by atoms with Crippen molar-refractivity contribution in [1.29, 1.82) is 15.8 Å². The number of rotatable bonds is 5. The Morgan fingerprint density at radius 2 is 0.850 bits per heavy atom.